The van der Waals surface area contributed by atoms with Crippen LogP contribution in [0, 0.1) is 5.92 Å². The molecule has 1 aromatic carbocycles. The van der Waals surface area contributed by atoms with Crippen molar-refractivity contribution in [3.8, 4) is 0 Å². The molecule has 1 fully saturated rings. The van der Waals surface area contributed by atoms with Gasteiger partial charge < -0.3 is 15.5 Å². The molecule has 1 unspecified atom stereocenters. The highest BCUT2D eigenvalue weighted by atomic mass is 127. The fraction of sp³-hybridized carbons (Fsp3) is 0.632. The van der Waals surface area contributed by atoms with E-state index in [1.165, 1.54) is 17.1 Å². The molecule has 25 heavy (non-hydrogen) atoms. The molecule has 0 amide bonds. The zero-order valence-corrected chi connectivity index (χ0v) is 19.1. The van der Waals surface area contributed by atoms with Gasteiger partial charge in [-0.2, -0.15) is 0 Å². The van der Waals surface area contributed by atoms with Gasteiger partial charge in [0.05, 0.1) is 0 Å². The second-order valence-electron chi connectivity index (χ2n) is 7.38. The Morgan fingerprint density at radius 1 is 1.24 bits per heavy atom. The fourth-order valence-corrected chi connectivity index (χ4v) is 3.89. The molecule has 6 heteroatoms. The van der Waals surface area contributed by atoms with Gasteiger partial charge in [-0.15, -0.1) is 35.7 Å². The van der Waals surface area contributed by atoms with E-state index < -0.39 is 0 Å². The SMILES string of the molecule is CN=C(NCCNC(C)(C)C)N1CCC(CSc2ccccc2)C1.I. The van der Waals surface area contributed by atoms with Gasteiger partial charge in [-0.1, -0.05) is 18.2 Å². The quantitative estimate of drug-likeness (QED) is 0.216. The fourth-order valence-electron chi connectivity index (χ4n) is 2.84. The van der Waals surface area contributed by atoms with Gasteiger partial charge in [-0.3, -0.25) is 4.99 Å². The van der Waals surface area contributed by atoms with Crippen molar-refractivity contribution in [3.05, 3.63) is 30.3 Å². The van der Waals surface area contributed by atoms with Crippen molar-refractivity contribution in [1.82, 2.24) is 15.5 Å². The summed E-state index contributed by atoms with van der Waals surface area (Å²) in [7, 11) is 1.88. The molecule has 0 saturated carbocycles. The van der Waals surface area contributed by atoms with Gasteiger partial charge in [0.1, 0.15) is 0 Å². The lowest BCUT2D eigenvalue weighted by Crippen LogP contribution is -2.45. The van der Waals surface area contributed by atoms with Crippen LogP contribution in [0.25, 0.3) is 0 Å². The molecule has 0 aliphatic carbocycles. The van der Waals surface area contributed by atoms with Crippen LogP contribution in [0.4, 0.5) is 0 Å². The van der Waals surface area contributed by atoms with Crippen LogP contribution in [-0.2, 0) is 0 Å². The van der Waals surface area contributed by atoms with Crippen molar-refractivity contribution < 1.29 is 0 Å². The zero-order chi connectivity index (χ0) is 17.4. The Balaban J connectivity index is 0.00000312. The molecular formula is C19H33IN4S. The lowest BCUT2D eigenvalue weighted by molar-refractivity contribution is 0.422. The van der Waals surface area contributed by atoms with Crippen molar-refractivity contribution in [2.45, 2.75) is 37.6 Å². The smallest absolute Gasteiger partial charge is 0.193 e. The molecule has 1 heterocycles. The van der Waals surface area contributed by atoms with Gasteiger partial charge in [0.15, 0.2) is 5.96 Å². The van der Waals surface area contributed by atoms with Crippen molar-refractivity contribution >= 4 is 41.7 Å². The van der Waals surface area contributed by atoms with E-state index in [-0.39, 0.29) is 29.5 Å². The maximum atomic E-state index is 4.45. The second kappa shape index (κ2) is 11.3. The summed E-state index contributed by atoms with van der Waals surface area (Å²) in [6, 6.07) is 10.7. The molecule has 0 spiro atoms. The van der Waals surface area contributed by atoms with E-state index in [1.54, 1.807) is 0 Å². The predicted octanol–water partition coefficient (Wildman–Crippen LogP) is 3.68. The van der Waals surface area contributed by atoms with Gasteiger partial charge in [0.2, 0.25) is 0 Å². The molecular weight excluding hydrogens is 443 g/mol. The number of rotatable bonds is 6. The first-order valence-corrected chi connectivity index (χ1v) is 9.85. The first-order valence-electron chi connectivity index (χ1n) is 8.86. The van der Waals surface area contributed by atoms with E-state index in [9.17, 15) is 0 Å². The molecule has 0 bridgehead atoms. The van der Waals surface area contributed by atoms with E-state index in [0.29, 0.717) is 0 Å². The van der Waals surface area contributed by atoms with Gasteiger partial charge in [-0.25, -0.2) is 0 Å². The summed E-state index contributed by atoms with van der Waals surface area (Å²) in [5.41, 5.74) is 0.165. The summed E-state index contributed by atoms with van der Waals surface area (Å²) in [6.07, 6.45) is 1.25. The molecule has 2 N–H and O–H groups in total. The normalized spacial score (nSPS) is 18.2. The van der Waals surface area contributed by atoms with E-state index in [4.69, 9.17) is 0 Å². The van der Waals surface area contributed by atoms with Crippen molar-refractivity contribution in [1.29, 1.82) is 0 Å². The average Bonchev–Trinajstić information content (AvgIpc) is 3.02. The minimum atomic E-state index is 0. The molecule has 0 aromatic heterocycles. The number of guanidine groups is 1. The molecule has 1 aliphatic heterocycles. The maximum absolute atomic E-state index is 4.45. The van der Waals surface area contributed by atoms with Crippen molar-refractivity contribution in [2.75, 3.05) is 39.0 Å². The topological polar surface area (TPSA) is 39.7 Å². The number of likely N-dealkylation sites (tertiary alicyclic amines) is 1. The van der Waals surface area contributed by atoms with Gasteiger partial charge in [0, 0.05) is 49.4 Å². The molecule has 0 radical (unpaired) electrons. The Labute approximate surface area is 174 Å². The largest absolute Gasteiger partial charge is 0.355 e. The van der Waals surface area contributed by atoms with Crippen LogP contribution in [-0.4, -0.2) is 55.4 Å². The van der Waals surface area contributed by atoms with E-state index in [0.717, 1.165) is 38.1 Å². The van der Waals surface area contributed by atoms with Crippen LogP contribution in [0.5, 0.6) is 0 Å². The highest BCUT2D eigenvalue weighted by Crippen LogP contribution is 2.25. The van der Waals surface area contributed by atoms with Gasteiger partial charge >= 0.3 is 0 Å². The highest BCUT2D eigenvalue weighted by molar-refractivity contribution is 14.0. The van der Waals surface area contributed by atoms with Gasteiger partial charge in [-0.05, 0) is 45.2 Å². The second-order valence-corrected chi connectivity index (χ2v) is 8.47. The average molecular weight is 476 g/mol. The predicted molar refractivity (Wildman–Crippen MR) is 121 cm³/mol. The minimum Gasteiger partial charge on any atom is -0.355 e. The number of benzene rings is 1. The highest BCUT2D eigenvalue weighted by Gasteiger charge is 2.24. The standard InChI is InChI=1S/C19H32N4S.HI/c1-19(2,3)22-12-11-21-18(20-4)23-13-10-16(14-23)15-24-17-8-6-5-7-9-17;/h5-9,16,22H,10-15H2,1-4H3,(H,20,21);1H. The number of aliphatic imine (C=N–C) groups is 1. The Morgan fingerprint density at radius 3 is 2.60 bits per heavy atom. The number of nitrogens with zero attached hydrogens (tertiary/aromatic N) is 2. The Morgan fingerprint density at radius 2 is 1.96 bits per heavy atom. The number of thioether (sulfide) groups is 1. The van der Waals surface area contributed by atoms with Crippen LogP contribution >= 0.6 is 35.7 Å². The summed E-state index contributed by atoms with van der Waals surface area (Å²) in [5, 5.41) is 6.98. The molecule has 1 aliphatic rings. The first-order chi connectivity index (χ1) is 11.5. The lowest BCUT2D eigenvalue weighted by Gasteiger charge is -2.24. The summed E-state index contributed by atoms with van der Waals surface area (Å²) in [6.45, 7) is 10.6. The van der Waals surface area contributed by atoms with Crippen molar-refractivity contribution in [2.24, 2.45) is 10.9 Å². The van der Waals surface area contributed by atoms with Crippen LogP contribution in [0.3, 0.4) is 0 Å². The van der Waals surface area contributed by atoms with E-state index in [1.807, 2.05) is 18.8 Å². The number of halogens is 1. The Bertz CT molecular complexity index is 516. The molecule has 142 valence electrons. The minimum absolute atomic E-state index is 0. The lowest BCUT2D eigenvalue weighted by atomic mass is 10.1. The molecule has 1 saturated heterocycles. The maximum Gasteiger partial charge on any atom is 0.193 e. The number of nitrogens with one attached hydrogen (secondary N) is 2. The molecule has 1 aromatic rings. The van der Waals surface area contributed by atoms with Crippen LogP contribution in [0.15, 0.2) is 40.2 Å². The third kappa shape index (κ3) is 8.64. The zero-order valence-electron chi connectivity index (χ0n) is 15.9. The Hall–Kier alpha value is -0.470. The third-order valence-corrected chi connectivity index (χ3v) is 5.33. The summed E-state index contributed by atoms with van der Waals surface area (Å²) in [4.78, 5) is 8.22. The van der Waals surface area contributed by atoms with E-state index in [2.05, 4.69) is 71.6 Å². The number of hydrogen-bond acceptors (Lipinski definition) is 3. The summed E-state index contributed by atoms with van der Waals surface area (Å²) in [5.74, 6) is 2.96. The van der Waals surface area contributed by atoms with Crippen LogP contribution in [0.1, 0.15) is 27.2 Å². The summed E-state index contributed by atoms with van der Waals surface area (Å²) >= 11 is 1.97. The van der Waals surface area contributed by atoms with Gasteiger partial charge in [0.25, 0.3) is 0 Å². The molecule has 1 atom stereocenters. The number of hydrogen-bond donors (Lipinski definition) is 2. The van der Waals surface area contributed by atoms with Crippen molar-refractivity contribution in [3.63, 3.8) is 0 Å². The third-order valence-electron chi connectivity index (χ3n) is 4.09. The summed E-state index contributed by atoms with van der Waals surface area (Å²) < 4.78 is 0. The van der Waals surface area contributed by atoms with Crippen LogP contribution in [0.2, 0.25) is 0 Å². The molecule has 2 rings (SSSR count). The monoisotopic (exact) mass is 476 g/mol. The Kier molecular flexibility index (Phi) is 10.2. The van der Waals surface area contributed by atoms with E-state index >= 15 is 0 Å². The first kappa shape index (κ1) is 22.6. The molecule has 4 nitrogen and oxygen atoms in total. The van der Waals surface area contributed by atoms with Crippen LogP contribution < -0.4 is 10.6 Å².